The lowest BCUT2D eigenvalue weighted by molar-refractivity contribution is -0.141. The van der Waals surface area contributed by atoms with Crippen molar-refractivity contribution in [2.45, 2.75) is 53.0 Å². The summed E-state index contributed by atoms with van der Waals surface area (Å²) in [4.78, 5) is 15.1. The summed E-state index contributed by atoms with van der Waals surface area (Å²) in [6.45, 7) is 7.50. The van der Waals surface area contributed by atoms with E-state index in [4.69, 9.17) is 5.11 Å². The molecule has 0 bridgehead atoms. The summed E-state index contributed by atoms with van der Waals surface area (Å²) < 4.78 is 0. The third kappa shape index (κ3) is 5.07. The molecule has 0 radical (unpaired) electrons. The molecule has 2 atom stereocenters. The van der Waals surface area contributed by atoms with Crippen molar-refractivity contribution in [1.82, 2.24) is 4.98 Å². The maximum Gasteiger partial charge on any atom is 0.306 e. The topological polar surface area (TPSA) is 86.0 Å². The first-order valence-corrected chi connectivity index (χ1v) is 7.22. The Morgan fingerprint density at radius 2 is 2.10 bits per heavy atom. The molecule has 1 aromatic heterocycles. The van der Waals surface area contributed by atoms with E-state index in [0.29, 0.717) is 12.0 Å². The lowest BCUT2D eigenvalue weighted by Crippen LogP contribution is -2.18. The van der Waals surface area contributed by atoms with Crippen LogP contribution in [0.3, 0.4) is 0 Å². The zero-order chi connectivity index (χ0) is 16.0. The minimum atomic E-state index is -0.747. The monoisotopic (exact) mass is 289 g/mol. The van der Waals surface area contributed by atoms with Crippen LogP contribution in [0.25, 0.3) is 0 Å². The van der Waals surface area contributed by atoms with Gasteiger partial charge in [-0.15, -0.1) is 0 Å². The fourth-order valence-corrected chi connectivity index (χ4v) is 2.27. The van der Waals surface area contributed by atoms with Gasteiger partial charge in [0.05, 0.1) is 22.9 Å². The Hall–Kier alpha value is -2.09. The first-order valence-electron chi connectivity index (χ1n) is 7.22. The van der Waals surface area contributed by atoms with Crippen molar-refractivity contribution < 1.29 is 9.90 Å². The molecule has 0 saturated carbocycles. The third-order valence-corrected chi connectivity index (χ3v) is 3.54. The second-order valence-corrected chi connectivity index (χ2v) is 5.60. The smallest absolute Gasteiger partial charge is 0.306 e. The molecule has 5 heteroatoms. The predicted molar refractivity (Wildman–Crippen MR) is 82.2 cm³/mol. The number of nitrogens with zero attached hydrogens (tertiary/aromatic N) is 2. The van der Waals surface area contributed by atoms with Crippen molar-refractivity contribution in [1.29, 1.82) is 5.26 Å². The number of carbonyl (C=O) groups is 1. The van der Waals surface area contributed by atoms with Crippen LogP contribution in [0.4, 0.5) is 5.69 Å². The molecule has 0 spiro atoms. The molecule has 0 fully saturated rings. The van der Waals surface area contributed by atoms with Crippen LogP contribution in [0.5, 0.6) is 0 Å². The molecule has 114 valence electrons. The van der Waals surface area contributed by atoms with Gasteiger partial charge in [-0.2, -0.15) is 5.26 Å². The Morgan fingerprint density at radius 3 is 2.67 bits per heavy atom. The van der Waals surface area contributed by atoms with Crippen LogP contribution in [0.1, 0.15) is 50.1 Å². The minimum Gasteiger partial charge on any atom is -0.481 e. The zero-order valence-corrected chi connectivity index (χ0v) is 13.1. The molecule has 2 unspecified atom stereocenters. The maximum absolute atomic E-state index is 10.8. The molecule has 0 amide bonds. The predicted octanol–water partition coefficient (Wildman–Crippen LogP) is 3.26. The number of nitriles is 1. The number of rotatable bonds is 7. The average molecular weight is 289 g/mol. The number of carboxylic acids is 1. The van der Waals surface area contributed by atoms with E-state index in [-0.39, 0.29) is 12.0 Å². The van der Waals surface area contributed by atoms with Gasteiger partial charge in [0, 0.05) is 11.7 Å². The largest absolute Gasteiger partial charge is 0.481 e. The molecule has 1 heterocycles. The van der Waals surface area contributed by atoms with Gasteiger partial charge in [0.1, 0.15) is 6.07 Å². The van der Waals surface area contributed by atoms with E-state index < -0.39 is 5.97 Å². The lowest BCUT2D eigenvalue weighted by atomic mass is 10.0. The molecule has 1 aromatic rings. The average Bonchev–Trinajstić information content (AvgIpc) is 2.37. The van der Waals surface area contributed by atoms with E-state index in [0.717, 1.165) is 29.9 Å². The van der Waals surface area contributed by atoms with Crippen LogP contribution in [-0.2, 0) is 4.79 Å². The van der Waals surface area contributed by atoms with E-state index in [1.54, 1.807) is 6.92 Å². The highest BCUT2D eigenvalue weighted by molar-refractivity contribution is 5.69. The third-order valence-electron chi connectivity index (χ3n) is 3.54. The van der Waals surface area contributed by atoms with Crippen LogP contribution in [0.15, 0.2) is 6.07 Å². The highest BCUT2D eigenvalue weighted by Gasteiger charge is 2.13. The molecule has 5 nitrogen and oxygen atoms in total. The van der Waals surface area contributed by atoms with Gasteiger partial charge in [-0.25, -0.2) is 0 Å². The van der Waals surface area contributed by atoms with Crippen LogP contribution >= 0.6 is 0 Å². The fraction of sp³-hybridized carbons (Fsp3) is 0.562. The summed E-state index contributed by atoms with van der Waals surface area (Å²) >= 11 is 0. The molecular formula is C16H23N3O2. The minimum absolute atomic E-state index is 0.180. The molecule has 2 N–H and O–H groups in total. The van der Waals surface area contributed by atoms with Crippen LogP contribution < -0.4 is 5.32 Å². The van der Waals surface area contributed by atoms with Gasteiger partial charge in [0.2, 0.25) is 0 Å². The molecule has 0 aliphatic rings. The van der Waals surface area contributed by atoms with Crippen molar-refractivity contribution in [3.05, 3.63) is 23.0 Å². The van der Waals surface area contributed by atoms with Gasteiger partial charge >= 0.3 is 5.97 Å². The molecule has 21 heavy (non-hydrogen) atoms. The molecule has 0 aromatic carbocycles. The summed E-state index contributed by atoms with van der Waals surface area (Å²) in [5.74, 6) is -1.06. The Kier molecular flexibility index (Phi) is 6.16. The van der Waals surface area contributed by atoms with Crippen LogP contribution in [-0.4, -0.2) is 22.1 Å². The highest BCUT2D eigenvalue weighted by Crippen LogP contribution is 2.21. The SMILES string of the molecule is Cc1cc(NC(C)CCCC(C)C(=O)O)c(C#N)c(C)n1. The zero-order valence-electron chi connectivity index (χ0n) is 13.1. The molecular weight excluding hydrogens is 266 g/mol. The van der Waals surface area contributed by atoms with Crippen molar-refractivity contribution in [2.24, 2.45) is 5.92 Å². The number of nitrogens with one attached hydrogen (secondary N) is 1. The van der Waals surface area contributed by atoms with E-state index in [1.807, 2.05) is 26.8 Å². The summed E-state index contributed by atoms with van der Waals surface area (Å²) in [6.07, 6.45) is 2.37. The Morgan fingerprint density at radius 1 is 1.43 bits per heavy atom. The maximum atomic E-state index is 10.8. The van der Waals surface area contributed by atoms with Crippen molar-refractivity contribution in [2.75, 3.05) is 5.32 Å². The number of anilines is 1. The standard InChI is InChI=1S/C16H23N3O2/c1-10(16(20)21)6-5-7-11(2)19-15-8-12(3)18-13(4)14(15)9-17/h8,10-11H,5-7H2,1-4H3,(H,18,19)(H,20,21). The van der Waals surface area contributed by atoms with Gasteiger partial charge in [-0.3, -0.25) is 9.78 Å². The number of hydrogen-bond donors (Lipinski definition) is 2. The summed E-state index contributed by atoms with van der Waals surface area (Å²) in [5.41, 5.74) is 2.99. The molecule has 0 saturated heterocycles. The normalized spacial score (nSPS) is 13.3. The Balaban J connectivity index is 2.61. The fourth-order valence-electron chi connectivity index (χ4n) is 2.27. The molecule has 1 rings (SSSR count). The quantitative estimate of drug-likeness (QED) is 0.804. The van der Waals surface area contributed by atoms with E-state index in [2.05, 4.69) is 16.4 Å². The summed E-state index contributed by atoms with van der Waals surface area (Å²) in [5, 5.41) is 21.4. The van der Waals surface area contributed by atoms with Crippen molar-refractivity contribution in [3.63, 3.8) is 0 Å². The number of carboxylic acid groups (broad SMARTS) is 1. The first kappa shape index (κ1) is 17.0. The molecule has 0 aliphatic carbocycles. The van der Waals surface area contributed by atoms with Crippen LogP contribution in [0.2, 0.25) is 0 Å². The molecule has 0 aliphatic heterocycles. The summed E-state index contributed by atoms with van der Waals surface area (Å²) in [6, 6.07) is 4.24. The number of aliphatic carboxylic acids is 1. The number of aromatic nitrogens is 1. The number of pyridine rings is 1. The Bertz CT molecular complexity index is 549. The second-order valence-electron chi connectivity index (χ2n) is 5.60. The van der Waals surface area contributed by atoms with Gasteiger partial charge in [-0.05, 0) is 39.7 Å². The van der Waals surface area contributed by atoms with Gasteiger partial charge in [-0.1, -0.05) is 13.3 Å². The first-order chi connectivity index (χ1) is 9.85. The van der Waals surface area contributed by atoms with E-state index >= 15 is 0 Å². The number of aryl methyl sites for hydroxylation is 2. The van der Waals surface area contributed by atoms with Gasteiger partial charge in [0.25, 0.3) is 0 Å². The summed E-state index contributed by atoms with van der Waals surface area (Å²) in [7, 11) is 0. The van der Waals surface area contributed by atoms with Crippen molar-refractivity contribution >= 4 is 11.7 Å². The van der Waals surface area contributed by atoms with Crippen LogP contribution in [0, 0.1) is 31.1 Å². The van der Waals surface area contributed by atoms with E-state index in [1.165, 1.54) is 0 Å². The second kappa shape index (κ2) is 7.63. The van der Waals surface area contributed by atoms with E-state index in [9.17, 15) is 10.1 Å². The van der Waals surface area contributed by atoms with Gasteiger partial charge < -0.3 is 10.4 Å². The highest BCUT2D eigenvalue weighted by atomic mass is 16.4. The van der Waals surface area contributed by atoms with Crippen molar-refractivity contribution in [3.8, 4) is 6.07 Å². The number of hydrogen-bond acceptors (Lipinski definition) is 4. The lowest BCUT2D eigenvalue weighted by Gasteiger charge is -2.18. The van der Waals surface area contributed by atoms with Gasteiger partial charge in [0.15, 0.2) is 0 Å². The Labute approximate surface area is 126 Å².